The fourth-order valence-corrected chi connectivity index (χ4v) is 5.83. The molecule has 172 valence electrons. The fourth-order valence-electron chi connectivity index (χ4n) is 5.83. The summed E-state index contributed by atoms with van der Waals surface area (Å²) in [6.45, 7) is 8.66. The van der Waals surface area contributed by atoms with E-state index in [9.17, 15) is 9.59 Å². The molecule has 1 aromatic carbocycles. The largest absolute Gasteiger partial charge is 0.493 e. The molecule has 3 saturated heterocycles. The number of para-hydroxylation sites is 1. The summed E-state index contributed by atoms with van der Waals surface area (Å²) in [5, 5.41) is 4.21. The zero-order valence-corrected chi connectivity index (χ0v) is 19.2. The minimum atomic E-state index is -0.178. The van der Waals surface area contributed by atoms with Crippen LogP contribution in [0.2, 0.25) is 0 Å². The third-order valence-electron chi connectivity index (χ3n) is 7.72. The minimum absolute atomic E-state index is 0.0900. The first-order chi connectivity index (χ1) is 15.4. The van der Waals surface area contributed by atoms with Crippen LogP contribution in [0.5, 0.6) is 5.75 Å². The summed E-state index contributed by atoms with van der Waals surface area (Å²) in [6.07, 6.45) is 2.76. The first kappa shape index (κ1) is 21.3. The monoisotopic (exact) mass is 439 g/mol. The molecule has 32 heavy (non-hydrogen) atoms. The number of benzene rings is 1. The second kappa shape index (κ2) is 8.10. The Morgan fingerprint density at radius 3 is 2.78 bits per heavy atom. The average Bonchev–Trinajstić information content (AvgIpc) is 3.47. The van der Waals surface area contributed by atoms with Gasteiger partial charge in [-0.05, 0) is 43.9 Å². The maximum absolute atomic E-state index is 13.2. The van der Waals surface area contributed by atoms with E-state index in [1.807, 2.05) is 23.1 Å². The van der Waals surface area contributed by atoms with Gasteiger partial charge in [-0.15, -0.1) is 0 Å². The predicted molar refractivity (Wildman–Crippen MR) is 122 cm³/mol. The lowest BCUT2D eigenvalue weighted by molar-refractivity contribution is -0.123. The molecule has 0 unspecified atom stereocenters. The van der Waals surface area contributed by atoms with E-state index >= 15 is 0 Å². The van der Waals surface area contributed by atoms with Crippen LogP contribution >= 0.6 is 0 Å². The normalized spacial score (nSPS) is 25.0. The number of carbonyl (C=O) groups is 2. The second-order valence-electron chi connectivity index (χ2n) is 10.1. The van der Waals surface area contributed by atoms with E-state index < -0.39 is 0 Å². The smallest absolute Gasteiger partial charge is 0.289 e. The van der Waals surface area contributed by atoms with Crippen molar-refractivity contribution >= 4 is 22.8 Å². The molecule has 3 fully saturated rings. The van der Waals surface area contributed by atoms with Gasteiger partial charge in [-0.1, -0.05) is 26.0 Å². The highest BCUT2D eigenvalue weighted by Gasteiger charge is 2.57. The number of piperidine rings is 1. The van der Waals surface area contributed by atoms with Gasteiger partial charge in [0.15, 0.2) is 17.1 Å². The summed E-state index contributed by atoms with van der Waals surface area (Å²) in [4.78, 5) is 30.3. The van der Waals surface area contributed by atoms with Gasteiger partial charge in [-0.3, -0.25) is 9.59 Å². The Morgan fingerprint density at radius 1 is 1.28 bits per heavy atom. The highest BCUT2D eigenvalue weighted by molar-refractivity contribution is 5.97. The Kier molecular flexibility index (Phi) is 5.40. The number of nitrogens with one attached hydrogen (secondary N) is 1. The second-order valence-corrected chi connectivity index (χ2v) is 10.1. The van der Waals surface area contributed by atoms with Crippen molar-refractivity contribution in [2.45, 2.75) is 38.6 Å². The van der Waals surface area contributed by atoms with Gasteiger partial charge in [0.25, 0.3) is 5.91 Å². The molecular formula is C25H33N3O4. The van der Waals surface area contributed by atoms with Gasteiger partial charge in [-0.2, -0.15) is 0 Å². The van der Waals surface area contributed by atoms with Gasteiger partial charge in [0.05, 0.1) is 13.0 Å². The van der Waals surface area contributed by atoms with Crippen molar-refractivity contribution in [1.82, 2.24) is 15.1 Å². The molecular weight excluding hydrogens is 406 g/mol. The molecule has 7 nitrogen and oxygen atoms in total. The number of rotatable bonds is 5. The van der Waals surface area contributed by atoms with Crippen LogP contribution in [0, 0.1) is 17.8 Å². The van der Waals surface area contributed by atoms with Crippen molar-refractivity contribution < 1.29 is 18.7 Å². The number of hydrogen-bond acceptors (Lipinski definition) is 5. The Labute approximate surface area is 189 Å². The summed E-state index contributed by atoms with van der Waals surface area (Å²) in [5.41, 5.74) is 0.424. The van der Waals surface area contributed by atoms with Gasteiger partial charge < -0.3 is 24.3 Å². The Bertz CT molecular complexity index is 1020. The summed E-state index contributed by atoms with van der Waals surface area (Å²) < 4.78 is 11.2. The maximum atomic E-state index is 13.2. The molecule has 2 aromatic rings. The standard InChI is InChI=1S/C25H33N3O4/c1-16(2)7-10-27-14-18-19(15-27)25(26-23(18)29)8-11-28(12-9-25)24(30)21-13-17-5-4-6-20(31-3)22(17)32-21/h4-6,13,16,18-19H,7-12,14-15H2,1-3H3,(H,26,29)/t18-,19+/m1/s1. The number of furan rings is 1. The molecule has 2 atom stereocenters. The summed E-state index contributed by atoms with van der Waals surface area (Å²) >= 11 is 0. The minimum Gasteiger partial charge on any atom is -0.493 e. The molecule has 0 radical (unpaired) electrons. The third-order valence-corrected chi connectivity index (χ3v) is 7.72. The number of ether oxygens (including phenoxy) is 1. The maximum Gasteiger partial charge on any atom is 0.289 e. The van der Waals surface area contributed by atoms with Crippen LogP contribution < -0.4 is 10.1 Å². The van der Waals surface area contributed by atoms with Crippen molar-refractivity contribution in [2.24, 2.45) is 17.8 Å². The van der Waals surface area contributed by atoms with Crippen LogP contribution in [-0.2, 0) is 4.79 Å². The number of methoxy groups -OCH3 is 1. The SMILES string of the molecule is COc1cccc2cc(C(=O)N3CCC4(CC3)NC(=O)[C@@H]3CN(CCC(C)C)C[C@@H]34)oc12. The van der Waals surface area contributed by atoms with E-state index in [-0.39, 0.29) is 23.3 Å². The van der Waals surface area contributed by atoms with E-state index in [1.54, 1.807) is 13.2 Å². The summed E-state index contributed by atoms with van der Waals surface area (Å²) in [6, 6.07) is 7.43. The van der Waals surface area contributed by atoms with Crippen molar-refractivity contribution in [3.63, 3.8) is 0 Å². The molecule has 1 spiro atoms. The number of nitrogens with zero attached hydrogens (tertiary/aromatic N) is 2. The molecule has 3 aliphatic heterocycles. The number of fused-ring (bicyclic) bond motifs is 3. The number of carbonyl (C=O) groups excluding carboxylic acids is 2. The van der Waals surface area contributed by atoms with Crippen molar-refractivity contribution in [3.05, 3.63) is 30.0 Å². The topological polar surface area (TPSA) is 75.0 Å². The molecule has 0 saturated carbocycles. The Hall–Kier alpha value is -2.54. The van der Waals surface area contributed by atoms with Crippen molar-refractivity contribution in [2.75, 3.05) is 39.8 Å². The molecule has 0 aliphatic carbocycles. The molecule has 1 N–H and O–H groups in total. The molecule has 1 aromatic heterocycles. The molecule has 4 heterocycles. The molecule has 2 amide bonds. The lowest BCUT2D eigenvalue weighted by Crippen LogP contribution is -2.56. The Balaban J connectivity index is 1.27. The van der Waals surface area contributed by atoms with Crippen LogP contribution in [-0.4, -0.2) is 67.0 Å². The molecule has 5 rings (SSSR count). The van der Waals surface area contributed by atoms with E-state index in [4.69, 9.17) is 9.15 Å². The number of amides is 2. The summed E-state index contributed by atoms with van der Waals surface area (Å²) in [5.74, 6) is 2.18. The van der Waals surface area contributed by atoms with Crippen molar-refractivity contribution in [1.29, 1.82) is 0 Å². The zero-order valence-electron chi connectivity index (χ0n) is 19.2. The lowest BCUT2D eigenvalue weighted by atomic mass is 9.75. The lowest BCUT2D eigenvalue weighted by Gasteiger charge is -2.42. The van der Waals surface area contributed by atoms with Gasteiger partial charge in [0.1, 0.15) is 0 Å². The average molecular weight is 440 g/mol. The van der Waals surface area contributed by atoms with Crippen LogP contribution in [0.15, 0.2) is 28.7 Å². The van der Waals surface area contributed by atoms with E-state index in [2.05, 4.69) is 24.1 Å². The zero-order chi connectivity index (χ0) is 22.5. The van der Waals surface area contributed by atoms with Crippen molar-refractivity contribution in [3.8, 4) is 5.75 Å². The fraction of sp³-hybridized carbons (Fsp3) is 0.600. The first-order valence-corrected chi connectivity index (χ1v) is 11.8. The molecule has 3 aliphatic rings. The third kappa shape index (κ3) is 3.56. The Morgan fingerprint density at radius 2 is 2.06 bits per heavy atom. The van der Waals surface area contributed by atoms with Gasteiger partial charge in [0, 0.05) is 43.0 Å². The first-order valence-electron chi connectivity index (χ1n) is 11.8. The molecule has 7 heteroatoms. The van der Waals surface area contributed by atoms with Gasteiger partial charge in [0.2, 0.25) is 5.91 Å². The van der Waals surface area contributed by atoms with Gasteiger partial charge in [-0.25, -0.2) is 0 Å². The number of hydrogen-bond donors (Lipinski definition) is 1. The van der Waals surface area contributed by atoms with Crippen LogP contribution in [0.4, 0.5) is 0 Å². The molecule has 0 bridgehead atoms. The van der Waals surface area contributed by atoms with Crippen LogP contribution in [0.3, 0.4) is 0 Å². The quantitative estimate of drug-likeness (QED) is 0.775. The van der Waals surface area contributed by atoms with Crippen LogP contribution in [0.25, 0.3) is 11.0 Å². The highest BCUT2D eigenvalue weighted by Crippen LogP contribution is 2.44. The number of likely N-dealkylation sites (tertiary alicyclic amines) is 2. The van der Waals surface area contributed by atoms with E-state index in [0.717, 1.165) is 37.9 Å². The summed E-state index contributed by atoms with van der Waals surface area (Å²) in [7, 11) is 1.60. The van der Waals surface area contributed by atoms with E-state index in [1.165, 1.54) is 6.42 Å². The van der Waals surface area contributed by atoms with Gasteiger partial charge >= 0.3 is 0 Å². The van der Waals surface area contributed by atoms with E-state index in [0.29, 0.717) is 42.0 Å². The highest BCUT2D eigenvalue weighted by atomic mass is 16.5. The van der Waals surface area contributed by atoms with Crippen LogP contribution in [0.1, 0.15) is 43.7 Å². The predicted octanol–water partition coefficient (Wildman–Crippen LogP) is 3.14.